The third-order valence-corrected chi connectivity index (χ3v) is 4.89. The van der Waals surface area contributed by atoms with E-state index in [0.717, 1.165) is 48.2 Å². The topological polar surface area (TPSA) is 29.5 Å². The maximum Gasteiger partial charge on any atom is 0.254 e. The molecule has 0 aliphatic carbocycles. The highest BCUT2D eigenvalue weighted by molar-refractivity contribution is 9.10. The Morgan fingerprint density at radius 2 is 1.83 bits per heavy atom. The van der Waals surface area contributed by atoms with Gasteiger partial charge < -0.3 is 9.64 Å². The van der Waals surface area contributed by atoms with Gasteiger partial charge in [0.2, 0.25) is 0 Å². The third kappa shape index (κ3) is 4.68. The fraction of sp³-hybridized carbons (Fsp3) is 0.350. The van der Waals surface area contributed by atoms with Crippen molar-refractivity contribution in [1.82, 2.24) is 4.90 Å². The van der Waals surface area contributed by atoms with Gasteiger partial charge in [0.15, 0.2) is 0 Å². The zero-order chi connectivity index (χ0) is 16.8. The van der Waals surface area contributed by atoms with Gasteiger partial charge in [-0.2, -0.15) is 0 Å². The van der Waals surface area contributed by atoms with Crippen LogP contribution in [0.25, 0.3) is 0 Å². The van der Waals surface area contributed by atoms with E-state index in [4.69, 9.17) is 4.74 Å². The number of halogens is 1. The highest BCUT2D eigenvalue weighted by Crippen LogP contribution is 2.20. The molecule has 1 amide bonds. The SMILES string of the molecule is O=C(c1cccc(Br)c1)N(Cc1ccccc1)CC1CCOCC1. The van der Waals surface area contributed by atoms with Crippen LogP contribution in [-0.4, -0.2) is 30.6 Å². The van der Waals surface area contributed by atoms with Gasteiger partial charge >= 0.3 is 0 Å². The first-order valence-corrected chi connectivity index (χ1v) is 9.18. The van der Waals surface area contributed by atoms with Crippen LogP contribution in [-0.2, 0) is 11.3 Å². The van der Waals surface area contributed by atoms with E-state index in [0.29, 0.717) is 12.5 Å². The summed E-state index contributed by atoms with van der Waals surface area (Å²) in [6, 6.07) is 17.8. The van der Waals surface area contributed by atoms with E-state index >= 15 is 0 Å². The molecule has 3 rings (SSSR count). The molecule has 0 radical (unpaired) electrons. The summed E-state index contributed by atoms with van der Waals surface area (Å²) in [6.07, 6.45) is 2.05. The summed E-state index contributed by atoms with van der Waals surface area (Å²) in [5.41, 5.74) is 1.89. The fourth-order valence-corrected chi connectivity index (χ4v) is 3.47. The van der Waals surface area contributed by atoms with Crippen molar-refractivity contribution < 1.29 is 9.53 Å². The van der Waals surface area contributed by atoms with Gasteiger partial charge in [0.25, 0.3) is 5.91 Å². The summed E-state index contributed by atoms with van der Waals surface area (Å²) in [5, 5.41) is 0. The summed E-state index contributed by atoms with van der Waals surface area (Å²) >= 11 is 3.46. The first-order valence-electron chi connectivity index (χ1n) is 8.39. The molecule has 0 bridgehead atoms. The fourth-order valence-electron chi connectivity index (χ4n) is 3.07. The predicted molar refractivity (Wildman–Crippen MR) is 98.9 cm³/mol. The molecule has 0 aromatic heterocycles. The van der Waals surface area contributed by atoms with E-state index in [2.05, 4.69) is 28.1 Å². The van der Waals surface area contributed by atoms with Crippen molar-refractivity contribution in [3.8, 4) is 0 Å². The highest BCUT2D eigenvalue weighted by Gasteiger charge is 2.22. The smallest absolute Gasteiger partial charge is 0.254 e. The van der Waals surface area contributed by atoms with Gasteiger partial charge in [-0.15, -0.1) is 0 Å². The van der Waals surface area contributed by atoms with Crippen molar-refractivity contribution in [2.75, 3.05) is 19.8 Å². The lowest BCUT2D eigenvalue weighted by molar-refractivity contribution is 0.0446. The Hall–Kier alpha value is -1.65. The second-order valence-corrected chi connectivity index (χ2v) is 7.15. The minimum Gasteiger partial charge on any atom is -0.381 e. The Morgan fingerprint density at radius 3 is 2.54 bits per heavy atom. The van der Waals surface area contributed by atoms with Crippen LogP contribution in [0.15, 0.2) is 59.1 Å². The summed E-state index contributed by atoms with van der Waals surface area (Å²) in [4.78, 5) is 15.0. The van der Waals surface area contributed by atoms with Gasteiger partial charge in [-0.1, -0.05) is 52.3 Å². The molecule has 2 aromatic rings. The molecule has 1 aliphatic heterocycles. The molecule has 0 N–H and O–H groups in total. The maximum atomic E-state index is 13.0. The van der Waals surface area contributed by atoms with Crippen molar-refractivity contribution in [3.63, 3.8) is 0 Å². The van der Waals surface area contributed by atoms with Gasteiger partial charge in [0, 0.05) is 36.3 Å². The normalized spacial score (nSPS) is 15.2. The largest absolute Gasteiger partial charge is 0.381 e. The lowest BCUT2D eigenvalue weighted by Gasteiger charge is -2.30. The van der Waals surface area contributed by atoms with E-state index in [9.17, 15) is 4.79 Å². The number of carbonyl (C=O) groups excluding carboxylic acids is 1. The molecule has 0 unspecified atom stereocenters. The van der Waals surface area contributed by atoms with Gasteiger partial charge in [0.1, 0.15) is 0 Å². The van der Waals surface area contributed by atoms with E-state index in [1.54, 1.807) is 0 Å². The molecule has 1 aliphatic rings. The van der Waals surface area contributed by atoms with Gasteiger partial charge in [0.05, 0.1) is 0 Å². The number of nitrogens with zero attached hydrogens (tertiary/aromatic N) is 1. The molecule has 3 nitrogen and oxygen atoms in total. The Balaban J connectivity index is 1.78. The maximum absolute atomic E-state index is 13.0. The monoisotopic (exact) mass is 387 g/mol. The van der Waals surface area contributed by atoms with Crippen LogP contribution >= 0.6 is 15.9 Å². The standard InChI is InChI=1S/C20H22BrNO2/c21-19-8-4-7-18(13-19)20(23)22(14-16-5-2-1-3-6-16)15-17-9-11-24-12-10-17/h1-8,13,17H,9-12,14-15H2. The minimum absolute atomic E-state index is 0.0895. The van der Waals surface area contributed by atoms with Crippen molar-refractivity contribution in [1.29, 1.82) is 0 Å². The van der Waals surface area contributed by atoms with Crippen LogP contribution in [0.4, 0.5) is 0 Å². The van der Waals surface area contributed by atoms with E-state index < -0.39 is 0 Å². The van der Waals surface area contributed by atoms with E-state index in [-0.39, 0.29) is 5.91 Å². The number of ether oxygens (including phenoxy) is 1. The van der Waals surface area contributed by atoms with Crippen LogP contribution in [0.5, 0.6) is 0 Å². The van der Waals surface area contributed by atoms with Gasteiger partial charge in [-0.25, -0.2) is 0 Å². The van der Waals surface area contributed by atoms with Gasteiger partial charge in [-0.3, -0.25) is 4.79 Å². The Morgan fingerprint density at radius 1 is 1.08 bits per heavy atom. The molecule has 2 aromatic carbocycles. The van der Waals surface area contributed by atoms with Crippen molar-refractivity contribution in [3.05, 3.63) is 70.2 Å². The minimum atomic E-state index is 0.0895. The number of rotatable bonds is 5. The molecule has 4 heteroatoms. The molecule has 0 saturated carbocycles. The lowest BCUT2D eigenvalue weighted by Crippen LogP contribution is -2.36. The molecule has 126 valence electrons. The van der Waals surface area contributed by atoms with E-state index in [1.807, 2.05) is 47.4 Å². The Kier molecular flexibility index (Phi) is 6.05. The van der Waals surface area contributed by atoms with Crippen LogP contribution in [0.1, 0.15) is 28.8 Å². The Bertz CT molecular complexity index is 668. The quantitative estimate of drug-likeness (QED) is 0.754. The molecule has 0 spiro atoms. The molecule has 1 heterocycles. The molecular weight excluding hydrogens is 366 g/mol. The van der Waals surface area contributed by atoms with Crippen LogP contribution in [0.2, 0.25) is 0 Å². The van der Waals surface area contributed by atoms with Crippen molar-refractivity contribution >= 4 is 21.8 Å². The van der Waals surface area contributed by atoms with Gasteiger partial charge in [-0.05, 0) is 42.5 Å². The number of benzene rings is 2. The third-order valence-electron chi connectivity index (χ3n) is 4.39. The number of amides is 1. The number of carbonyl (C=O) groups is 1. The van der Waals surface area contributed by atoms with Crippen molar-refractivity contribution in [2.45, 2.75) is 19.4 Å². The summed E-state index contributed by atoms with van der Waals surface area (Å²) in [7, 11) is 0. The first-order chi connectivity index (χ1) is 11.7. The lowest BCUT2D eigenvalue weighted by atomic mass is 9.99. The zero-order valence-electron chi connectivity index (χ0n) is 13.7. The van der Waals surface area contributed by atoms with Crippen LogP contribution in [0, 0.1) is 5.92 Å². The number of hydrogen-bond acceptors (Lipinski definition) is 2. The van der Waals surface area contributed by atoms with E-state index in [1.165, 1.54) is 0 Å². The molecule has 1 saturated heterocycles. The van der Waals surface area contributed by atoms with Crippen molar-refractivity contribution in [2.24, 2.45) is 5.92 Å². The highest BCUT2D eigenvalue weighted by atomic mass is 79.9. The predicted octanol–water partition coefficient (Wildman–Crippen LogP) is 4.52. The second-order valence-electron chi connectivity index (χ2n) is 6.24. The summed E-state index contributed by atoms with van der Waals surface area (Å²) < 4.78 is 6.38. The molecule has 24 heavy (non-hydrogen) atoms. The Labute approximate surface area is 151 Å². The average molecular weight is 388 g/mol. The van der Waals surface area contributed by atoms with Crippen LogP contribution < -0.4 is 0 Å². The second kappa shape index (κ2) is 8.45. The van der Waals surface area contributed by atoms with Crippen LogP contribution in [0.3, 0.4) is 0 Å². The number of hydrogen-bond donors (Lipinski definition) is 0. The zero-order valence-corrected chi connectivity index (χ0v) is 15.2. The summed E-state index contributed by atoms with van der Waals surface area (Å²) in [6.45, 7) is 3.02. The molecule has 0 atom stereocenters. The molecular formula is C20H22BrNO2. The molecule has 1 fully saturated rings. The first kappa shape index (κ1) is 17.2. The average Bonchev–Trinajstić information content (AvgIpc) is 2.62. The summed E-state index contributed by atoms with van der Waals surface area (Å²) in [5.74, 6) is 0.602.